The van der Waals surface area contributed by atoms with Crippen molar-refractivity contribution < 1.29 is 16.9 Å². The van der Waals surface area contributed by atoms with Crippen LogP contribution in [0.15, 0.2) is 0 Å². The first kappa shape index (κ1) is 54.4. The predicted octanol–water partition coefficient (Wildman–Crippen LogP) is 15.0. The zero-order valence-corrected chi connectivity index (χ0v) is 38.4. The van der Waals surface area contributed by atoms with E-state index in [9.17, 15) is 0 Å². The maximum absolute atomic E-state index is 2.62. The van der Waals surface area contributed by atoms with Crippen LogP contribution in [0.2, 0.25) is 0 Å². The molecule has 0 aliphatic rings. The van der Waals surface area contributed by atoms with Crippen LogP contribution in [0.3, 0.4) is 0 Å². The normalized spacial score (nSPS) is 13.0. The summed E-state index contributed by atoms with van der Waals surface area (Å²) in [6.45, 7) is 12.2. The Morgan fingerprint density at radius 3 is 0.577 bits per heavy atom. The van der Waals surface area contributed by atoms with Gasteiger partial charge in [-0.2, -0.15) is 0 Å². The maximum Gasteiger partial charge on any atom is 0.0811 e. The summed E-state index contributed by atoms with van der Waals surface area (Å²) in [4.78, 5) is 0. The first-order valence-electron chi connectivity index (χ1n) is 24.8. The Morgan fingerprint density at radius 1 is 0.250 bits per heavy atom. The molecule has 0 aromatic carbocycles. The van der Waals surface area contributed by atoms with E-state index in [4.69, 9.17) is 0 Å². The van der Waals surface area contributed by atoms with E-state index in [0.717, 1.165) is 11.8 Å². The molecule has 0 heterocycles. The number of hydrogen-bond acceptors (Lipinski definition) is 0. The predicted molar refractivity (Wildman–Crippen MR) is 236 cm³/mol. The standard InChI is InChI=1S/C50H104N.ClH/c1-7-11-15-19-23-27-29-33-37-41-45-49(43-39-35-31-25-21-17-13-9-3)47-51(5,6)48-50(44-40-36-32-26-22-18-14-10-4)46-42-38-34-30-28-24-20-16-12-8-2;/h49-50H,7-48H2,1-6H3;1H/q+1;/p-1. The monoisotopic (exact) mass is 754 g/mol. The van der Waals surface area contributed by atoms with E-state index in [2.05, 4.69) is 41.8 Å². The molecule has 0 radical (unpaired) electrons. The van der Waals surface area contributed by atoms with Crippen LogP contribution >= 0.6 is 0 Å². The van der Waals surface area contributed by atoms with Gasteiger partial charge in [0.05, 0.1) is 27.2 Å². The number of rotatable bonds is 44. The molecule has 1 nitrogen and oxygen atoms in total. The Bertz CT molecular complexity index is 580. The lowest BCUT2D eigenvalue weighted by Crippen LogP contribution is -3.00. The van der Waals surface area contributed by atoms with Crippen LogP contribution in [-0.2, 0) is 0 Å². The Labute approximate surface area is 339 Å². The molecule has 0 aliphatic heterocycles. The van der Waals surface area contributed by atoms with Crippen molar-refractivity contribution in [1.82, 2.24) is 0 Å². The van der Waals surface area contributed by atoms with Gasteiger partial charge in [0.1, 0.15) is 0 Å². The smallest absolute Gasteiger partial charge is 0.0811 e. The zero-order chi connectivity index (χ0) is 37.4. The molecule has 316 valence electrons. The highest BCUT2D eigenvalue weighted by molar-refractivity contribution is 4.65. The molecule has 0 saturated heterocycles. The first-order chi connectivity index (χ1) is 25.0. The van der Waals surface area contributed by atoms with Crippen LogP contribution in [0.1, 0.15) is 285 Å². The topological polar surface area (TPSA) is 0 Å². The summed E-state index contributed by atoms with van der Waals surface area (Å²) in [5.74, 6) is 1.88. The summed E-state index contributed by atoms with van der Waals surface area (Å²) in [6, 6.07) is 0. The second kappa shape index (κ2) is 44.0. The molecule has 2 unspecified atom stereocenters. The fraction of sp³-hybridized carbons (Fsp3) is 1.00. The van der Waals surface area contributed by atoms with Crippen molar-refractivity contribution in [1.29, 1.82) is 0 Å². The minimum Gasteiger partial charge on any atom is -1.00 e. The fourth-order valence-corrected chi connectivity index (χ4v) is 9.10. The van der Waals surface area contributed by atoms with Crippen molar-refractivity contribution in [2.75, 3.05) is 27.2 Å². The van der Waals surface area contributed by atoms with Crippen LogP contribution in [0.5, 0.6) is 0 Å². The molecule has 0 spiro atoms. The van der Waals surface area contributed by atoms with Gasteiger partial charge in [0.2, 0.25) is 0 Å². The summed E-state index contributed by atoms with van der Waals surface area (Å²) in [5.41, 5.74) is 0. The molecule has 0 bridgehead atoms. The quantitative estimate of drug-likeness (QED) is 0.0429. The highest BCUT2D eigenvalue weighted by atomic mass is 35.5. The van der Waals surface area contributed by atoms with Gasteiger partial charge >= 0.3 is 0 Å². The van der Waals surface area contributed by atoms with Crippen LogP contribution in [-0.4, -0.2) is 31.7 Å². The molecule has 0 amide bonds. The van der Waals surface area contributed by atoms with E-state index < -0.39 is 0 Å². The molecular weight excluding hydrogens is 650 g/mol. The molecule has 0 aromatic heterocycles. The number of halogens is 1. The lowest BCUT2D eigenvalue weighted by atomic mass is 9.90. The molecule has 0 saturated carbocycles. The average molecular weight is 755 g/mol. The second-order valence-corrected chi connectivity index (χ2v) is 18.5. The number of nitrogens with zero attached hydrogens (tertiary/aromatic N) is 1. The Kier molecular flexibility index (Phi) is 46.0. The lowest BCUT2D eigenvalue weighted by molar-refractivity contribution is -0.897. The molecule has 0 aromatic rings. The van der Waals surface area contributed by atoms with Crippen molar-refractivity contribution in [3.8, 4) is 0 Å². The molecule has 2 atom stereocenters. The Balaban J connectivity index is 0. The minimum absolute atomic E-state index is 0. The average Bonchev–Trinajstić information content (AvgIpc) is 3.11. The van der Waals surface area contributed by atoms with Crippen molar-refractivity contribution in [2.24, 2.45) is 11.8 Å². The van der Waals surface area contributed by atoms with Gasteiger partial charge in [0, 0.05) is 11.8 Å². The van der Waals surface area contributed by atoms with Crippen LogP contribution in [0.4, 0.5) is 0 Å². The van der Waals surface area contributed by atoms with Gasteiger partial charge in [0.15, 0.2) is 0 Å². The van der Waals surface area contributed by atoms with Gasteiger partial charge in [-0.3, -0.25) is 0 Å². The molecule has 0 N–H and O–H groups in total. The van der Waals surface area contributed by atoms with Crippen molar-refractivity contribution in [3.63, 3.8) is 0 Å². The summed E-state index contributed by atoms with van der Waals surface area (Å²) in [7, 11) is 5.25. The highest BCUT2D eigenvalue weighted by Crippen LogP contribution is 2.27. The number of quaternary nitrogens is 1. The van der Waals surface area contributed by atoms with Gasteiger partial charge in [-0.1, -0.05) is 259 Å². The molecule has 2 heteroatoms. The van der Waals surface area contributed by atoms with E-state index in [1.807, 2.05) is 0 Å². The fourth-order valence-electron chi connectivity index (χ4n) is 9.10. The molecule has 52 heavy (non-hydrogen) atoms. The van der Waals surface area contributed by atoms with E-state index in [-0.39, 0.29) is 12.4 Å². The third-order valence-electron chi connectivity index (χ3n) is 12.4. The van der Waals surface area contributed by atoms with Crippen molar-refractivity contribution in [3.05, 3.63) is 0 Å². The third kappa shape index (κ3) is 41.4. The summed E-state index contributed by atoms with van der Waals surface area (Å²) in [5, 5.41) is 0. The molecule has 0 aliphatic carbocycles. The summed E-state index contributed by atoms with van der Waals surface area (Å²) in [6.07, 6.45) is 58.6. The lowest BCUT2D eigenvalue weighted by Gasteiger charge is -2.37. The zero-order valence-electron chi connectivity index (χ0n) is 37.7. The maximum atomic E-state index is 2.62. The number of unbranched alkanes of at least 4 members (excludes halogenated alkanes) is 32. The van der Waals surface area contributed by atoms with Gasteiger partial charge < -0.3 is 16.9 Å². The van der Waals surface area contributed by atoms with E-state index >= 15 is 0 Å². The second-order valence-electron chi connectivity index (χ2n) is 18.5. The van der Waals surface area contributed by atoms with Crippen LogP contribution in [0.25, 0.3) is 0 Å². The SMILES string of the molecule is CCCCCCCCCCCCC(CCCCCCCCCC)C[N+](C)(C)CC(CCCCCCCCCC)CCCCCCCCCCCC.[Cl-]. The Morgan fingerprint density at radius 2 is 0.404 bits per heavy atom. The van der Waals surface area contributed by atoms with Gasteiger partial charge in [-0.05, 0) is 25.7 Å². The van der Waals surface area contributed by atoms with Gasteiger partial charge in [-0.25, -0.2) is 0 Å². The minimum atomic E-state index is 0. The largest absolute Gasteiger partial charge is 1.00 e. The number of hydrogen-bond donors (Lipinski definition) is 0. The summed E-state index contributed by atoms with van der Waals surface area (Å²) >= 11 is 0. The van der Waals surface area contributed by atoms with E-state index in [1.54, 1.807) is 0 Å². The van der Waals surface area contributed by atoms with Crippen LogP contribution < -0.4 is 12.4 Å². The van der Waals surface area contributed by atoms with Crippen molar-refractivity contribution >= 4 is 0 Å². The molecule has 0 rings (SSSR count). The molecular formula is C50H104ClN. The highest BCUT2D eigenvalue weighted by Gasteiger charge is 2.26. The molecule has 0 fully saturated rings. The van der Waals surface area contributed by atoms with Gasteiger partial charge in [0.25, 0.3) is 0 Å². The first-order valence-corrected chi connectivity index (χ1v) is 24.8. The van der Waals surface area contributed by atoms with Crippen molar-refractivity contribution in [2.45, 2.75) is 285 Å². The van der Waals surface area contributed by atoms with Crippen LogP contribution in [0, 0.1) is 11.8 Å². The van der Waals surface area contributed by atoms with Gasteiger partial charge in [-0.15, -0.1) is 0 Å². The Hall–Kier alpha value is 0.250. The summed E-state index contributed by atoms with van der Waals surface area (Å²) < 4.78 is 1.28. The third-order valence-corrected chi connectivity index (χ3v) is 12.4. The van der Waals surface area contributed by atoms with E-state index in [0.29, 0.717) is 0 Å². The van der Waals surface area contributed by atoms with E-state index in [1.165, 1.54) is 274 Å².